The quantitative estimate of drug-likeness (QED) is 0.723. The Morgan fingerprint density at radius 3 is 2.06 bits per heavy atom. The molecule has 0 aliphatic heterocycles. The van der Waals surface area contributed by atoms with Crippen molar-refractivity contribution in [3.05, 3.63) is 56.3 Å². The lowest BCUT2D eigenvalue weighted by atomic mass is 9.96. The molecule has 0 atom stereocenters. The molecule has 0 aliphatic rings. The average molecular weight is 244 g/mol. The number of hydrogen-bond acceptors (Lipinski definition) is 2. The van der Waals surface area contributed by atoms with Gasteiger partial charge in [0.1, 0.15) is 0 Å². The van der Waals surface area contributed by atoms with Crippen molar-refractivity contribution in [1.82, 2.24) is 0 Å². The van der Waals surface area contributed by atoms with E-state index in [1.807, 2.05) is 32.9 Å². The van der Waals surface area contributed by atoms with Gasteiger partial charge in [0.25, 0.3) is 0 Å². The number of carbonyl (C=O) groups is 1. The fourth-order valence-electron chi connectivity index (χ4n) is 2.22. The summed E-state index contributed by atoms with van der Waals surface area (Å²) in [4.78, 5) is 14.4. The maximum absolute atomic E-state index is 12.4. The van der Waals surface area contributed by atoms with Crippen molar-refractivity contribution in [3.63, 3.8) is 0 Å². The number of rotatable bonds is 2. The number of benzene rings is 1. The zero-order valence-corrected chi connectivity index (χ0v) is 11.4. The van der Waals surface area contributed by atoms with Crippen LogP contribution in [0.15, 0.2) is 24.3 Å². The summed E-state index contributed by atoms with van der Waals surface area (Å²) in [6.07, 6.45) is 0. The van der Waals surface area contributed by atoms with Crippen molar-refractivity contribution in [3.8, 4) is 0 Å². The summed E-state index contributed by atoms with van der Waals surface area (Å²) in [5, 5.41) is 0. The second-order valence-corrected chi connectivity index (χ2v) is 5.80. The monoisotopic (exact) mass is 244 g/mol. The largest absolute Gasteiger partial charge is 0.288 e. The molecular formula is C15H16OS. The van der Waals surface area contributed by atoms with Crippen LogP contribution in [0.5, 0.6) is 0 Å². The van der Waals surface area contributed by atoms with Crippen LogP contribution >= 0.6 is 11.3 Å². The zero-order valence-electron chi connectivity index (χ0n) is 10.6. The highest BCUT2D eigenvalue weighted by Gasteiger charge is 2.16. The van der Waals surface area contributed by atoms with Crippen LogP contribution in [0.3, 0.4) is 0 Å². The predicted molar refractivity (Wildman–Crippen MR) is 73.1 cm³/mol. The fourth-order valence-corrected chi connectivity index (χ4v) is 3.03. The van der Waals surface area contributed by atoms with Gasteiger partial charge in [-0.2, -0.15) is 0 Å². The van der Waals surface area contributed by atoms with Gasteiger partial charge in [-0.3, -0.25) is 4.79 Å². The Bertz CT molecular complexity index is 555. The molecule has 2 heteroatoms. The van der Waals surface area contributed by atoms with Gasteiger partial charge in [-0.15, -0.1) is 11.3 Å². The third-order valence-corrected chi connectivity index (χ3v) is 3.87. The van der Waals surface area contributed by atoms with Crippen molar-refractivity contribution in [1.29, 1.82) is 0 Å². The van der Waals surface area contributed by atoms with Crippen molar-refractivity contribution in [2.75, 3.05) is 0 Å². The maximum Gasteiger partial charge on any atom is 0.203 e. The molecule has 88 valence electrons. The Hall–Kier alpha value is -1.41. The highest BCUT2D eigenvalue weighted by Crippen LogP contribution is 2.24. The Morgan fingerprint density at radius 1 is 1.00 bits per heavy atom. The standard InChI is InChI=1S/C15H16OS/c1-9-7-10(2)14(11(3)8-9)15(16)13-6-5-12(4)17-13/h5-8H,1-4H3. The third kappa shape index (κ3) is 2.32. The minimum absolute atomic E-state index is 0.151. The van der Waals surface area contributed by atoms with E-state index in [0.29, 0.717) is 0 Å². The molecule has 1 aromatic heterocycles. The van der Waals surface area contributed by atoms with Crippen LogP contribution in [0.2, 0.25) is 0 Å². The Labute approximate surface area is 106 Å². The minimum Gasteiger partial charge on any atom is -0.288 e. The molecule has 0 saturated heterocycles. The summed E-state index contributed by atoms with van der Waals surface area (Å²) in [7, 11) is 0. The van der Waals surface area contributed by atoms with Gasteiger partial charge >= 0.3 is 0 Å². The molecule has 0 bridgehead atoms. The van der Waals surface area contributed by atoms with E-state index < -0.39 is 0 Å². The van der Waals surface area contributed by atoms with Crippen LogP contribution in [0.1, 0.15) is 36.8 Å². The van der Waals surface area contributed by atoms with Crippen molar-refractivity contribution >= 4 is 17.1 Å². The van der Waals surface area contributed by atoms with Gasteiger partial charge in [-0.05, 0) is 51.0 Å². The molecule has 0 unspecified atom stereocenters. The SMILES string of the molecule is Cc1cc(C)c(C(=O)c2ccc(C)s2)c(C)c1. The van der Waals surface area contributed by atoms with Gasteiger partial charge in [-0.1, -0.05) is 17.7 Å². The van der Waals surface area contributed by atoms with E-state index in [9.17, 15) is 4.79 Å². The lowest BCUT2D eigenvalue weighted by Gasteiger charge is -2.09. The topological polar surface area (TPSA) is 17.1 Å². The Balaban J connectivity index is 2.51. The molecule has 1 nitrogen and oxygen atoms in total. The van der Waals surface area contributed by atoms with Gasteiger partial charge in [0.2, 0.25) is 5.78 Å². The second-order valence-electron chi connectivity index (χ2n) is 4.51. The molecule has 0 fully saturated rings. The van der Waals surface area contributed by atoms with Gasteiger partial charge in [0.15, 0.2) is 0 Å². The summed E-state index contributed by atoms with van der Waals surface area (Å²) in [5.74, 6) is 0.151. The minimum atomic E-state index is 0.151. The molecule has 0 N–H and O–H groups in total. The lowest BCUT2D eigenvalue weighted by Crippen LogP contribution is -2.05. The smallest absolute Gasteiger partial charge is 0.203 e. The third-order valence-electron chi connectivity index (χ3n) is 2.87. The highest BCUT2D eigenvalue weighted by molar-refractivity contribution is 7.14. The van der Waals surface area contributed by atoms with Gasteiger partial charge < -0.3 is 0 Å². The van der Waals surface area contributed by atoms with Crippen LogP contribution in [0.4, 0.5) is 0 Å². The van der Waals surface area contributed by atoms with E-state index >= 15 is 0 Å². The summed E-state index contributed by atoms with van der Waals surface area (Å²) in [6.45, 7) is 8.10. The van der Waals surface area contributed by atoms with Crippen LogP contribution in [0, 0.1) is 27.7 Å². The molecule has 1 heterocycles. The molecule has 17 heavy (non-hydrogen) atoms. The van der Waals surface area contributed by atoms with Crippen molar-refractivity contribution in [2.24, 2.45) is 0 Å². The van der Waals surface area contributed by atoms with E-state index in [0.717, 1.165) is 21.6 Å². The summed E-state index contributed by atoms with van der Waals surface area (Å²) in [5.41, 5.74) is 4.20. The number of hydrogen-bond donors (Lipinski definition) is 0. The highest BCUT2D eigenvalue weighted by atomic mass is 32.1. The molecule has 0 amide bonds. The molecule has 0 radical (unpaired) electrons. The van der Waals surface area contributed by atoms with Crippen LogP contribution in [-0.2, 0) is 0 Å². The molecule has 1 aromatic carbocycles. The fraction of sp³-hybridized carbons (Fsp3) is 0.267. The molecule has 0 saturated carbocycles. The Morgan fingerprint density at radius 2 is 1.59 bits per heavy atom. The van der Waals surface area contributed by atoms with E-state index in [1.165, 1.54) is 10.4 Å². The average Bonchev–Trinajstić information content (AvgIpc) is 2.63. The first kappa shape index (κ1) is 12.1. The van der Waals surface area contributed by atoms with Gasteiger partial charge in [-0.25, -0.2) is 0 Å². The maximum atomic E-state index is 12.4. The number of ketones is 1. The van der Waals surface area contributed by atoms with Crippen molar-refractivity contribution in [2.45, 2.75) is 27.7 Å². The van der Waals surface area contributed by atoms with Crippen LogP contribution < -0.4 is 0 Å². The van der Waals surface area contributed by atoms with Crippen molar-refractivity contribution < 1.29 is 4.79 Å². The number of carbonyl (C=O) groups excluding carboxylic acids is 1. The Kier molecular flexibility index (Phi) is 3.16. The summed E-state index contributed by atoms with van der Waals surface area (Å²) >= 11 is 1.56. The normalized spacial score (nSPS) is 10.6. The van der Waals surface area contributed by atoms with Crippen LogP contribution in [0.25, 0.3) is 0 Å². The lowest BCUT2D eigenvalue weighted by molar-refractivity contribution is 0.104. The number of thiophene rings is 1. The summed E-state index contributed by atoms with van der Waals surface area (Å²) < 4.78 is 0. The van der Waals surface area contributed by atoms with E-state index in [1.54, 1.807) is 11.3 Å². The summed E-state index contributed by atoms with van der Waals surface area (Å²) in [6, 6.07) is 8.05. The molecule has 2 aromatic rings. The zero-order chi connectivity index (χ0) is 12.6. The molecule has 0 aliphatic carbocycles. The van der Waals surface area contributed by atoms with E-state index in [-0.39, 0.29) is 5.78 Å². The first-order chi connectivity index (χ1) is 7.99. The van der Waals surface area contributed by atoms with Gasteiger partial charge in [0.05, 0.1) is 4.88 Å². The van der Waals surface area contributed by atoms with Crippen LogP contribution in [-0.4, -0.2) is 5.78 Å². The first-order valence-electron chi connectivity index (χ1n) is 5.68. The second kappa shape index (κ2) is 4.46. The van der Waals surface area contributed by atoms with E-state index in [2.05, 4.69) is 19.1 Å². The molecular weight excluding hydrogens is 228 g/mol. The molecule has 2 rings (SSSR count). The molecule has 0 spiro atoms. The first-order valence-corrected chi connectivity index (χ1v) is 6.49. The van der Waals surface area contributed by atoms with E-state index in [4.69, 9.17) is 0 Å². The predicted octanol–water partition coefficient (Wildman–Crippen LogP) is 4.21. The number of aryl methyl sites for hydroxylation is 4. The van der Waals surface area contributed by atoms with Gasteiger partial charge in [0, 0.05) is 10.4 Å².